The number of aryl methyl sites for hydroxylation is 1. The lowest BCUT2D eigenvalue weighted by Gasteiger charge is -2.06. The lowest BCUT2D eigenvalue weighted by atomic mass is 10.1. The van der Waals surface area contributed by atoms with E-state index in [1.807, 2.05) is 18.2 Å². The summed E-state index contributed by atoms with van der Waals surface area (Å²) in [4.78, 5) is 4.19. The van der Waals surface area contributed by atoms with Gasteiger partial charge in [-0.05, 0) is 30.5 Å². The Bertz CT molecular complexity index is 398. The monoisotopic (exact) mass is 261 g/mol. The molecular weight excluding hydrogens is 238 g/mol. The van der Waals surface area contributed by atoms with Gasteiger partial charge >= 0.3 is 0 Å². The minimum atomic E-state index is 0.413. The number of hydrogen-bond acceptors (Lipinski definition) is 2. The third-order valence-corrected chi connectivity index (χ3v) is 2.62. The second kappa shape index (κ2) is 9.16. The fourth-order valence-corrected chi connectivity index (χ4v) is 1.51. The van der Waals surface area contributed by atoms with Crippen LogP contribution in [0.25, 0.3) is 0 Å². The van der Waals surface area contributed by atoms with Gasteiger partial charge in [-0.2, -0.15) is 0 Å². The number of nitrogens with zero attached hydrogens (tertiary/aromatic N) is 1. The number of ether oxygens (including phenoxy) is 1. The number of hydrogen-bond donors (Lipinski definition) is 2. The highest BCUT2D eigenvalue weighted by atomic mass is 16.5. The molecule has 0 saturated heterocycles. The Morgan fingerprint density at radius 2 is 2.11 bits per heavy atom. The van der Waals surface area contributed by atoms with Crippen LogP contribution < -0.4 is 11.1 Å². The Morgan fingerprint density at radius 3 is 2.74 bits per heavy atom. The molecule has 1 aromatic carbocycles. The maximum atomic E-state index is 5.78. The molecule has 0 saturated carbocycles. The highest BCUT2D eigenvalue weighted by Crippen LogP contribution is 2.09. The first-order valence-electron chi connectivity index (χ1n) is 6.60. The minimum absolute atomic E-state index is 0.413. The van der Waals surface area contributed by atoms with E-state index in [-0.39, 0.29) is 0 Å². The summed E-state index contributed by atoms with van der Waals surface area (Å²) in [5.41, 5.74) is 8.04. The van der Waals surface area contributed by atoms with Crippen LogP contribution in [0.2, 0.25) is 0 Å². The molecule has 3 N–H and O–H groups in total. The second-order valence-corrected chi connectivity index (χ2v) is 4.13. The van der Waals surface area contributed by atoms with Crippen molar-refractivity contribution in [2.24, 2.45) is 10.7 Å². The SMILES string of the molecule is C=CCCOCCN=C(N)Nc1ccc(CC)cc1. The minimum Gasteiger partial charge on any atom is -0.379 e. The Hall–Kier alpha value is -1.81. The van der Waals surface area contributed by atoms with E-state index in [4.69, 9.17) is 10.5 Å². The molecule has 1 aromatic rings. The lowest BCUT2D eigenvalue weighted by Crippen LogP contribution is -2.23. The molecule has 0 aliphatic rings. The summed E-state index contributed by atoms with van der Waals surface area (Å²) < 4.78 is 5.34. The van der Waals surface area contributed by atoms with Crippen LogP contribution in [-0.4, -0.2) is 25.7 Å². The Labute approximate surface area is 115 Å². The second-order valence-electron chi connectivity index (χ2n) is 4.13. The Kier molecular flexibility index (Phi) is 7.35. The van der Waals surface area contributed by atoms with Crippen LogP contribution >= 0.6 is 0 Å². The fourth-order valence-electron chi connectivity index (χ4n) is 1.51. The average Bonchev–Trinajstić information content (AvgIpc) is 2.43. The molecule has 4 nitrogen and oxygen atoms in total. The summed E-state index contributed by atoms with van der Waals surface area (Å²) in [6.45, 7) is 7.58. The van der Waals surface area contributed by atoms with E-state index in [0.29, 0.717) is 25.7 Å². The molecule has 0 aromatic heterocycles. The predicted molar refractivity (Wildman–Crippen MR) is 81.6 cm³/mol. The molecule has 19 heavy (non-hydrogen) atoms. The van der Waals surface area contributed by atoms with Crippen molar-refractivity contribution >= 4 is 11.6 Å². The fraction of sp³-hybridized carbons (Fsp3) is 0.400. The smallest absolute Gasteiger partial charge is 0.193 e. The lowest BCUT2D eigenvalue weighted by molar-refractivity contribution is 0.146. The zero-order valence-corrected chi connectivity index (χ0v) is 11.6. The van der Waals surface area contributed by atoms with Gasteiger partial charge in [0.05, 0.1) is 19.8 Å². The number of anilines is 1. The van der Waals surface area contributed by atoms with Gasteiger partial charge in [0.25, 0.3) is 0 Å². The van der Waals surface area contributed by atoms with Crippen LogP contribution in [0.1, 0.15) is 18.9 Å². The molecule has 104 valence electrons. The zero-order chi connectivity index (χ0) is 13.9. The van der Waals surface area contributed by atoms with Crippen molar-refractivity contribution in [3.8, 4) is 0 Å². The van der Waals surface area contributed by atoms with E-state index < -0.39 is 0 Å². The number of aliphatic imine (C=N–C) groups is 1. The summed E-state index contributed by atoms with van der Waals surface area (Å²) in [5.74, 6) is 0.413. The molecule has 0 heterocycles. The molecule has 0 aliphatic heterocycles. The van der Waals surface area contributed by atoms with Gasteiger partial charge in [-0.25, -0.2) is 0 Å². The third-order valence-electron chi connectivity index (χ3n) is 2.62. The molecule has 0 amide bonds. The van der Waals surface area contributed by atoms with E-state index in [2.05, 4.69) is 35.9 Å². The van der Waals surface area contributed by atoms with Crippen LogP contribution in [0.3, 0.4) is 0 Å². The summed E-state index contributed by atoms with van der Waals surface area (Å²) in [6.07, 6.45) is 3.73. The first kappa shape index (κ1) is 15.2. The van der Waals surface area contributed by atoms with E-state index in [1.54, 1.807) is 0 Å². The van der Waals surface area contributed by atoms with Crippen LogP contribution in [0, 0.1) is 0 Å². The normalized spacial score (nSPS) is 11.3. The molecule has 4 heteroatoms. The topological polar surface area (TPSA) is 59.6 Å². The summed E-state index contributed by atoms with van der Waals surface area (Å²) in [7, 11) is 0. The Morgan fingerprint density at radius 1 is 1.37 bits per heavy atom. The molecule has 0 radical (unpaired) electrons. The van der Waals surface area contributed by atoms with Gasteiger partial charge in [0, 0.05) is 5.69 Å². The highest BCUT2D eigenvalue weighted by molar-refractivity contribution is 5.92. The van der Waals surface area contributed by atoms with Crippen molar-refractivity contribution in [1.82, 2.24) is 0 Å². The van der Waals surface area contributed by atoms with Crippen LogP contribution in [-0.2, 0) is 11.2 Å². The number of nitrogens with one attached hydrogen (secondary N) is 1. The standard InChI is InChI=1S/C15H23N3O/c1-3-5-11-19-12-10-17-15(16)18-14-8-6-13(4-2)7-9-14/h3,6-9H,1,4-5,10-12H2,2H3,(H3,16,17,18). The molecule has 0 fully saturated rings. The molecule has 1 rings (SSSR count). The largest absolute Gasteiger partial charge is 0.379 e. The van der Waals surface area contributed by atoms with Crippen molar-refractivity contribution in [2.75, 3.05) is 25.1 Å². The number of guanidine groups is 1. The first-order chi connectivity index (χ1) is 9.26. The first-order valence-corrected chi connectivity index (χ1v) is 6.60. The van der Waals surface area contributed by atoms with Crippen LogP contribution in [0.5, 0.6) is 0 Å². The third kappa shape index (κ3) is 6.62. The van der Waals surface area contributed by atoms with Gasteiger partial charge in [0.2, 0.25) is 0 Å². The number of rotatable bonds is 8. The van der Waals surface area contributed by atoms with Gasteiger partial charge in [-0.15, -0.1) is 6.58 Å². The van der Waals surface area contributed by atoms with E-state index >= 15 is 0 Å². The average molecular weight is 261 g/mol. The van der Waals surface area contributed by atoms with E-state index in [0.717, 1.165) is 18.5 Å². The molecule has 0 spiro atoms. The van der Waals surface area contributed by atoms with Gasteiger partial charge in [-0.1, -0.05) is 25.1 Å². The van der Waals surface area contributed by atoms with Gasteiger partial charge in [0.15, 0.2) is 5.96 Å². The summed E-state index contributed by atoms with van der Waals surface area (Å²) in [6, 6.07) is 8.16. The van der Waals surface area contributed by atoms with Crippen molar-refractivity contribution in [1.29, 1.82) is 0 Å². The van der Waals surface area contributed by atoms with E-state index in [9.17, 15) is 0 Å². The molecule has 0 aliphatic carbocycles. The molecular formula is C15H23N3O. The number of nitrogens with two attached hydrogens (primary N) is 1. The van der Waals surface area contributed by atoms with Crippen molar-refractivity contribution < 1.29 is 4.74 Å². The van der Waals surface area contributed by atoms with Gasteiger partial charge in [-0.3, -0.25) is 4.99 Å². The quantitative estimate of drug-likeness (QED) is 0.327. The Balaban J connectivity index is 2.28. The maximum absolute atomic E-state index is 5.78. The summed E-state index contributed by atoms with van der Waals surface area (Å²) >= 11 is 0. The van der Waals surface area contributed by atoms with Gasteiger partial charge < -0.3 is 15.8 Å². The molecule has 0 bridgehead atoms. The van der Waals surface area contributed by atoms with Crippen LogP contribution in [0.15, 0.2) is 41.9 Å². The van der Waals surface area contributed by atoms with Crippen LogP contribution in [0.4, 0.5) is 5.69 Å². The van der Waals surface area contributed by atoms with E-state index in [1.165, 1.54) is 5.56 Å². The number of benzene rings is 1. The summed E-state index contributed by atoms with van der Waals surface area (Å²) in [5, 5.41) is 3.05. The maximum Gasteiger partial charge on any atom is 0.193 e. The molecule has 0 unspecified atom stereocenters. The van der Waals surface area contributed by atoms with Crippen molar-refractivity contribution in [3.63, 3.8) is 0 Å². The van der Waals surface area contributed by atoms with Crippen molar-refractivity contribution in [2.45, 2.75) is 19.8 Å². The van der Waals surface area contributed by atoms with Gasteiger partial charge in [0.1, 0.15) is 0 Å². The van der Waals surface area contributed by atoms with Crippen molar-refractivity contribution in [3.05, 3.63) is 42.5 Å². The molecule has 0 atom stereocenters. The predicted octanol–water partition coefficient (Wildman–Crippen LogP) is 2.57. The highest BCUT2D eigenvalue weighted by Gasteiger charge is 1.95. The zero-order valence-electron chi connectivity index (χ0n) is 11.6.